The number of thioether (sulfide) groups is 1. The number of hydrogen-bond donors (Lipinski definition) is 1. The zero-order valence-electron chi connectivity index (χ0n) is 25.3. The maximum Gasteiger partial charge on any atom is 0.241 e. The van der Waals surface area contributed by atoms with Crippen molar-refractivity contribution in [1.29, 1.82) is 0 Å². The fourth-order valence-electron chi connectivity index (χ4n) is 5.47. The van der Waals surface area contributed by atoms with Gasteiger partial charge in [-0.15, -0.1) is 0 Å². The minimum atomic E-state index is -3.98. The molecule has 1 aromatic heterocycles. The van der Waals surface area contributed by atoms with Crippen LogP contribution in [0.3, 0.4) is 0 Å². The molecule has 1 saturated heterocycles. The van der Waals surface area contributed by atoms with E-state index in [1.165, 1.54) is 30.0 Å². The minimum Gasteiger partial charge on any atom is -0.495 e. The van der Waals surface area contributed by atoms with Crippen LogP contribution < -0.4 is 9.46 Å². The predicted octanol–water partition coefficient (Wildman–Crippen LogP) is 7.46. The van der Waals surface area contributed by atoms with E-state index in [-0.39, 0.29) is 33.1 Å². The van der Waals surface area contributed by atoms with E-state index in [0.717, 1.165) is 30.3 Å². The number of nitrogens with zero attached hydrogens (tertiary/aromatic N) is 3. The first kappa shape index (κ1) is 33.7. The number of halogens is 4. The van der Waals surface area contributed by atoms with E-state index in [0.29, 0.717) is 34.6 Å². The first-order valence-corrected chi connectivity index (χ1v) is 17.5. The molecule has 0 aliphatic carbocycles. The van der Waals surface area contributed by atoms with Gasteiger partial charge in [0.1, 0.15) is 17.4 Å². The lowest BCUT2D eigenvalue weighted by molar-refractivity contribution is 0.242. The van der Waals surface area contributed by atoms with Crippen LogP contribution in [-0.2, 0) is 21.2 Å². The summed E-state index contributed by atoms with van der Waals surface area (Å²) in [6, 6.07) is 13.6. The smallest absolute Gasteiger partial charge is 0.241 e. The van der Waals surface area contributed by atoms with Gasteiger partial charge in [0.05, 0.1) is 28.9 Å². The Morgan fingerprint density at radius 1 is 1.09 bits per heavy atom. The molecular weight excluding hydrogens is 661 g/mol. The summed E-state index contributed by atoms with van der Waals surface area (Å²) in [5, 5.41) is 0.994. The summed E-state index contributed by atoms with van der Waals surface area (Å²) in [5.41, 5.74) is 1.89. The summed E-state index contributed by atoms with van der Waals surface area (Å²) >= 11 is 14.0. The summed E-state index contributed by atoms with van der Waals surface area (Å²) in [6.45, 7) is 5.53. The van der Waals surface area contributed by atoms with E-state index in [2.05, 4.69) is 14.6 Å². The van der Waals surface area contributed by atoms with Gasteiger partial charge in [-0.05, 0) is 80.5 Å². The molecule has 1 N–H and O–H groups in total. The van der Waals surface area contributed by atoms with Crippen LogP contribution in [0.4, 0.5) is 8.78 Å². The lowest BCUT2D eigenvalue weighted by Crippen LogP contribution is -2.46. The number of likely N-dealkylation sites (N-methyl/N-ethyl adjacent to an activating group) is 1. The molecule has 0 radical (unpaired) electrons. The highest BCUT2D eigenvalue weighted by atomic mass is 35.5. The van der Waals surface area contributed by atoms with Gasteiger partial charge in [-0.2, -0.15) is 0 Å². The molecule has 0 saturated carbocycles. The van der Waals surface area contributed by atoms with Crippen molar-refractivity contribution >= 4 is 45.0 Å². The number of nitrogens with one attached hydrogen (secondary N) is 1. The van der Waals surface area contributed by atoms with E-state index in [1.807, 2.05) is 37.6 Å². The van der Waals surface area contributed by atoms with Crippen LogP contribution in [0.15, 0.2) is 70.8 Å². The molecular formula is C32H34Cl2F2N4O3S2. The average Bonchev–Trinajstić information content (AvgIpc) is 3.42. The van der Waals surface area contributed by atoms with Gasteiger partial charge in [0.25, 0.3) is 0 Å². The third-order valence-electron chi connectivity index (χ3n) is 8.04. The molecule has 240 valence electrons. The van der Waals surface area contributed by atoms with E-state index < -0.39 is 21.3 Å². The number of likely N-dealkylation sites (tertiary alicyclic amines) is 1. The zero-order chi connectivity index (χ0) is 32.5. The molecule has 2 heterocycles. The van der Waals surface area contributed by atoms with Crippen LogP contribution in [0, 0.1) is 11.6 Å². The van der Waals surface area contributed by atoms with E-state index in [1.54, 1.807) is 31.5 Å². The fourth-order valence-corrected chi connectivity index (χ4v) is 8.41. The van der Waals surface area contributed by atoms with Gasteiger partial charge in [-0.25, -0.2) is 26.9 Å². The number of imidazole rings is 1. The Bertz CT molecular complexity index is 1780. The van der Waals surface area contributed by atoms with Crippen molar-refractivity contribution in [3.8, 4) is 11.4 Å². The number of methoxy groups -OCH3 is 1. The van der Waals surface area contributed by atoms with Crippen molar-refractivity contribution < 1.29 is 21.9 Å². The normalized spacial score (nSPS) is 16.2. The van der Waals surface area contributed by atoms with Gasteiger partial charge < -0.3 is 9.64 Å². The number of benzene rings is 3. The quantitative estimate of drug-likeness (QED) is 0.174. The largest absolute Gasteiger partial charge is 0.495 e. The molecule has 1 fully saturated rings. The first-order chi connectivity index (χ1) is 21.3. The van der Waals surface area contributed by atoms with Gasteiger partial charge in [0.2, 0.25) is 10.0 Å². The minimum absolute atomic E-state index is 0.00246. The Hall–Kier alpha value is -2.67. The number of ether oxygens (including phenoxy) is 1. The topological polar surface area (TPSA) is 76.5 Å². The molecule has 3 aromatic carbocycles. The molecule has 0 bridgehead atoms. The number of piperidine rings is 1. The highest BCUT2D eigenvalue weighted by Gasteiger charge is 2.31. The summed E-state index contributed by atoms with van der Waals surface area (Å²) in [6.07, 6.45) is 3.31. The highest BCUT2D eigenvalue weighted by Crippen LogP contribution is 2.40. The number of sulfonamides is 1. The van der Waals surface area contributed by atoms with Crippen molar-refractivity contribution in [3.05, 3.63) is 99.3 Å². The molecule has 1 aliphatic rings. The summed E-state index contributed by atoms with van der Waals surface area (Å²) in [4.78, 5) is 6.50. The molecule has 45 heavy (non-hydrogen) atoms. The van der Waals surface area contributed by atoms with Crippen molar-refractivity contribution in [2.45, 2.75) is 54.0 Å². The number of aromatic nitrogens is 2. The predicted molar refractivity (Wildman–Crippen MR) is 175 cm³/mol. The van der Waals surface area contributed by atoms with Crippen molar-refractivity contribution in [2.75, 3.05) is 27.2 Å². The monoisotopic (exact) mass is 694 g/mol. The highest BCUT2D eigenvalue weighted by molar-refractivity contribution is 7.98. The van der Waals surface area contributed by atoms with Gasteiger partial charge >= 0.3 is 0 Å². The second kappa shape index (κ2) is 13.6. The molecule has 1 atom stereocenters. The summed E-state index contributed by atoms with van der Waals surface area (Å²) in [5.74, 6) is -0.518. The Morgan fingerprint density at radius 2 is 1.82 bits per heavy atom. The molecule has 4 aromatic rings. The third kappa shape index (κ3) is 7.34. The molecule has 13 heteroatoms. The Balaban J connectivity index is 1.45. The Labute approximate surface area is 276 Å². The lowest BCUT2D eigenvalue weighted by Gasteiger charge is -2.30. The maximum atomic E-state index is 15.5. The van der Waals surface area contributed by atoms with Crippen molar-refractivity contribution in [1.82, 2.24) is 19.2 Å². The van der Waals surface area contributed by atoms with E-state index >= 15 is 4.39 Å². The first-order valence-electron chi connectivity index (χ1n) is 14.3. The van der Waals surface area contributed by atoms with Crippen LogP contribution in [0.2, 0.25) is 10.0 Å². The lowest BCUT2D eigenvalue weighted by atomic mass is 9.81. The van der Waals surface area contributed by atoms with Crippen LogP contribution in [0.5, 0.6) is 5.75 Å². The van der Waals surface area contributed by atoms with Gasteiger partial charge in [-0.1, -0.05) is 54.9 Å². The van der Waals surface area contributed by atoms with E-state index in [9.17, 15) is 12.8 Å². The van der Waals surface area contributed by atoms with Crippen LogP contribution in [-0.4, -0.2) is 56.2 Å². The summed E-state index contributed by atoms with van der Waals surface area (Å²) in [7, 11) is -0.494. The van der Waals surface area contributed by atoms with Crippen molar-refractivity contribution in [3.63, 3.8) is 0 Å². The van der Waals surface area contributed by atoms with Crippen molar-refractivity contribution in [2.24, 2.45) is 0 Å². The van der Waals surface area contributed by atoms with Crippen LogP contribution in [0.25, 0.3) is 5.69 Å². The van der Waals surface area contributed by atoms with Gasteiger partial charge in [0, 0.05) is 40.0 Å². The van der Waals surface area contributed by atoms with Crippen LogP contribution in [0.1, 0.15) is 43.5 Å². The third-order valence-corrected chi connectivity index (χ3v) is 11.2. The molecule has 1 aliphatic heterocycles. The Morgan fingerprint density at radius 3 is 2.49 bits per heavy atom. The summed E-state index contributed by atoms with van der Waals surface area (Å²) < 4.78 is 65.6. The molecule has 1 unspecified atom stereocenters. The Kier molecular flexibility index (Phi) is 10.2. The van der Waals surface area contributed by atoms with Crippen LogP contribution >= 0.6 is 35.0 Å². The maximum absolute atomic E-state index is 15.5. The number of rotatable bonds is 10. The standard InChI is InChI=1S/C32H34Cl2F2N4O3S2/c1-32(2,20-7-12-26(33)29(14-20)43-4)30-17-37-31(40(30)23-10-8-21(35)9-11-23)44-19-25-27(34)15-24(16-28(25)36)45(41,42)38-22-6-5-13-39(3)18-22/h7-12,14-17,22,38H,5-6,13,18-19H2,1-4H3. The van der Waals surface area contributed by atoms with Gasteiger partial charge in [-0.3, -0.25) is 4.57 Å². The molecule has 7 nitrogen and oxygen atoms in total. The van der Waals surface area contributed by atoms with E-state index in [4.69, 9.17) is 27.9 Å². The second-order valence-electron chi connectivity index (χ2n) is 11.6. The molecule has 0 spiro atoms. The number of hydrogen-bond acceptors (Lipinski definition) is 6. The average molecular weight is 696 g/mol. The second-order valence-corrected chi connectivity index (χ2v) is 15.1. The molecule has 0 amide bonds. The zero-order valence-corrected chi connectivity index (χ0v) is 28.4. The fraction of sp³-hybridized carbons (Fsp3) is 0.344. The van der Waals surface area contributed by atoms with Gasteiger partial charge in [0.15, 0.2) is 5.16 Å². The molecule has 5 rings (SSSR count). The SMILES string of the molecule is COc1cc(C(C)(C)c2cnc(SCc3c(F)cc(S(=O)(=O)NC4CCCN(C)C4)cc3Cl)n2-c2ccc(F)cc2)ccc1Cl.